The van der Waals surface area contributed by atoms with Gasteiger partial charge in [-0.25, -0.2) is 0 Å². The SMILES string of the molecule is COc1ccccc1NC(=O)c1cncc(C(=O)NCCC(C)C)c1. The number of nitrogens with zero attached hydrogens (tertiary/aromatic N) is 1. The van der Waals surface area contributed by atoms with E-state index in [4.69, 9.17) is 4.74 Å². The lowest BCUT2D eigenvalue weighted by Gasteiger charge is -2.10. The van der Waals surface area contributed by atoms with E-state index in [2.05, 4.69) is 29.5 Å². The number of para-hydroxylation sites is 2. The van der Waals surface area contributed by atoms with Gasteiger partial charge in [-0.15, -0.1) is 0 Å². The molecule has 2 amide bonds. The van der Waals surface area contributed by atoms with Crippen molar-refractivity contribution in [3.8, 4) is 5.75 Å². The normalized spacial score (nSPS) is 10.4. The molecule has 0 aliphatic carbocycles. The van der Waals surface area contributed by atoms with Crippen LogP contribution in [0.25, 0.3) is 0 Å². The van der Waals surface area contributed by atoms with Crippen molar-refractivity contribution in [2.24, 2.45) is 5.92 Å². The lowest BCUT2D eigenvalue weighted by Crippen LogP contribution is -2.26. The summed E-state index contributed by atoms with van der Waals surface area (Å²) in [6.45, 7) is 4.78. The Labute approximate surface area is 147 Å². The van der Waals surface area contributed by atoms with Crippen LogP contribution in [0.2, 0.25) is 0 Å². The van der Waals surface area contributed by atoms with E-state index < -0.39 is 0 Å². The summed E-state index contributed by atoms with van der Waals surface area (Å²) in [5, 5.41) is 5.60. The van der Waals surface area contributed by atoms with Crippen LogP contribution < -0.4 is 15.4 Å². The van der Waals surface area contributed by atoms with E-state index in [1.165, 1.54) is 25.6 Å². The van der Waals surface area contributed by atoms with Gasteiger partial charge < -0.3 is 15.4 Å². The summed E-state index contributed by atoms with van der Waals surface area (Å²) in [5.41, 5.74) is 1.22. The van der Waals surface area contributed by atoms with E-state index in [-0.39, 0.29) is 11.8 Å². The number of aromatic nitrogens is 1. The van der Waals surface area contributed by atoms with E-state index in [9.17, 15) is 9.59 Å². The Morgan fingerprint density at radius 1 is 1.12 bits per heavy atom. The van der Waals surface area contributed by atoms with E-state index in [1.54, 1.807) is 18.2 Å². The molecule has 25 heavy (non-hydrogen) atoms. The Hall–Kier alpha value is -2.89. The Morgan fingerprint density at radius 3 is 2.48 bits per heavy atom. The number of ether oxygens (including phenoxy) is 1. The van der Waals surface area contributed by atoms with Crippen LogP contribution in [0.4, 0.5) is 5.69 Å². The van der Waals surface area contributed by atoms with Crippen molar-refractivity contribution < 1.29 is 14.3 Å². The van der Waals surface area contributed by atoms with Gasteiger partial charge in [0.25, 0.3) is 11.8 Å². The summed E-state index contributed by atoms with van der Waals surface area (Å²) in [6, 6.07) is 8.65. The number of methoxy groups -OCH3 is 1. The highest BCUT2D eigenvalue weighted by Gasteiger charge is 2.13. The zero-order valence-corrected chi connectivity index (χ0v) is 14.7. The maximum absolute atomic E-state index is 12.4. The molecule has 2 rings (SSSR count). The quantitative estimate of drug-likeness (QED) is 0.811. The Bertz CT molecular complexity index is 744. The molecule has 0 saturated carbocycles. The van der Waals surface area contributed by atoms with Crippen molar-refractivity contribution >= 4 is 17.5 Å². The van der Waals surface area contributed by atoms with Crippen LogP contribution in [-0.4, -0.2) is 30.5 Å². The molecule has 2 aromatic rings. The first-order valence-electron chi connectivity index (χ1n) is 8.19. The van der Waals surface area contributed by atoms with Crippen LogP contribution in [0, 0.1) is 5.92 Å². The predicted octanol–water partition coefficient (Wildman–Crippen LogP) is 3.12. The third kappa shape index (κ3) is 5.31. The van der Waals surface area contributed by atoms with Gasteiger partial charge in [0.15, 0.2) is 0 Å². The minimum absolute atomic E-state index is 0.236. The van der Waals surface area contributed by atoms with Crippen molar-refractivity contribution in [3.05, 3.63) is 53.9 Å². The summed E-state index contributed by atoms with van der Waals surface area (Å²) in [6.07, 6.45) is 3.77. The van der Waals surface area contributed by atoms with Crippen molar-refractivity contribution in [1.82, 2.24) is 10.3 Å². The predicted molar refractivity (Wildman–Crippen MR) is 97.0 cm³/mol. The van der Waals surface area contributed by atoms with Crippen molar-refractivity contribution in [2.75, 3.05) is 19.0 Å². The first-order valence-corrected chi connectivity index (χ1v) is 8.19. The summed E-state index contributed by atoms with van der Waals surface area (Å²) < 4.78 is 5.21. The summed E-state index contributed by atoms with van der Waals surface area (Å²) >= 11 is 0. The van der Waals surface area contributed by atoms with Gasteiger partial charge in [-0.2, -0.15) is 0 Å². The Balaban J connectivity index is 2.07. The molecule has 2 N–H and O–H groups in total. The average molecular weight is 341 g/mol. The molecular formula is C19H23N3O3. The van der Waals surface area contributed by atoms with Gasteiger partial charge in [-0.05, 0) is 30.5 Å². The molecule has 0 atom stereocenters. The van der Waals surface area contributed by atoms with E-state index >= 15 is 0 Å². The number of amides is 2. The second-order valence-electron chi connectivity index (χ2n) is 6.06. The highest BCUT2D eigenvalue weighted by molar-refractivity contribution is 6.06. The average Bonchev–Trinajstić information content (AvgIpc) is 2.61. The topological polar surface area (TPSA) is 80.3 Å². The van der Waals surface area contributed by atoms with Gasteiger partial charge in [-0.1, -0.05) is 26.0 Å². The number of nitrogens with one attached hydrogen (secondary N) is 2. The fraction of sp³-hybridized carbons (Fsp3) is 0.316. The van der Waals surface area contributed by atoms with Crippen LogP contribution >= 0.6 is 0 Å². The van der Waals surface area contributed by atoms with E-state index in [1.807, 2.05) is 6.07 Å². The third-order valence-corrected chi connectivity index (χ3v) is 3.63. The first-order chi connectivity index (χ1) is 12.0. The molecular weight excluding hydrogens is 318 g/mol. The highest BCUT2D eigenvalue weighted by Crippen LogP contribution is 2.23. The number of anilines is 1. The zero-order chi connectivity index (χ0) is 18.2. The van der Waals surface area contributed by atoms with Crippen molar-refractivity contribution in [2.45, 2.75) is 20.3 Å². The van der Waals surface area contributed by atoms with Crippen LogP contribution in [0.3, 0.4) is 0 Å². The molecule has 0 aliphatic rings. The molecule has 0 bridgehead atoms. The van der Waals surface area contributed by atoms with Gasteiger partial charge >= 0.3 is 0 Å². The van der Waals surface area contributed by atoms with E-state index in [0.29, 0.717) is 35.0 Å². The van der Waals surface area contributed by atoms with Crippen LogP contribution in [0.5, 0.6) is 5.75 Å². The van der Waals surface area contributed by atoms with E-state index in [0.717, 1.165) is 6.42 Å². The lowest BCUT2D eigenvalue weighted by molar-refractivity contribution is 0.0951. The van der Waals surface area contributed by atoms with Gasteiger partial charge in [-0.3, -0.25) is 14.6 Å². The minimum Gasteiger partial charge on any atom is -0.495 e. The maximum atomic E-state index is 12.4. The van der Waals surface area contributed by atoms with Gasteiger partial charge in [0.1, 0.15) is 5.75 Å². The number of hydrogen-bond donors (Lipinski definition) is 2. The second kappa shape index (κ2) is 8.82. The molecule has 1 aromatic heterocycles. The number of carbonyl (C=O) groups is 2. The molecule has 0 radical (unpaired) electrons. The Kier molecular flexibility index (Phi) is 6.51. The smallest absolute Gasteiger partial charge is 0.257 e. The first kappa shape index (κ1) is 18.4. The number of benzene rings is 1. The molecule has 1 heterocycles. The number of hydrogen-bond acceptors (Lipinski definition) is 4. The molecule has 1 aromatic carbocycles. The monoisotopic (exact) mass is 341 g/mol. The summed E-state index contributed by atoms with van der Waals surface area (Å²) in [5.74, 6) is 0.483. The van der Waals surface area contributed by atoms with Gasteiger partial charge in [0.05, 0.1) is 23.9 Å². The van der Waals surface area contributed by atoms with Gasteiger partial charge in [0.2, 0.25) is 0 Å². The number of carbonyl (C=O) groups excluding carboxylic acids is 2. The summed E-state index contributed by atoms with van der Waals surface area (Å²) in [4.78, 5) is 28.6. The van der Waals surface area contributed by atoms with Crippen LogP contribution in [0.1, 0.15) is 41.0 Å². The largest absolute Gasteiger partial charge is 0.495 e. The fourth-order valence-corrected chi connectivity index (χ4v) is 2.21. The highest BCUT2D eigenvalue weighted by atomic mass is 16.5. The van der Waals surface area contributed by atoms with Crippen molar-refractivity contribution in [1.29, 1.82) is 0 Å². The molecule has 6 heteroatoms. The summed E-state index contributed by atoms with van der Waals surface area (Å²) in [7, 11) is 1.54. The second-order valence-corrected chi connectivity index (χ2v) is 6.06. The molecule has 6 nitrogen and oxygen atoms in total. The lowest BCUT2D eigenvalue weighted by atomic mass is 10.1. The Morgan fingerprint density at radius 2 is 1.80 bits per heavy atom. The maximum Gasteiger partial charge on any atom is 0.257 e. The fourth-order valence-electron chi connectivity index (χ4n) is 2.21. The third-order valence-electron chi connectivity index (χ3n) is 3.63. The molecule has 132 valence electrons. The van der Waals surface area contributed by atoms with Crippen LogP contribution in [0.15, 0.2) is 42.7 Å². The van der Waals surface area contributed by atoms with Gasteiger partial charge in [0, 0.05) is 18.9 Å². The molecule has 0 saturated heterocycles. The van der Waals surface area contributed by atoms with Crippen molar-refractivity contribution in [3.63, 3.8) is 0 Å². The number of pyridine rings is 1. The van der Waals surface area contributed by atoms with Crippen LogP contribution in [-0.2, 0) is 0 Å². The zero-order valence-electron chi connectivity index (χ0n) is 14.7. The molecule has 0 aliphatic heterocycles. The minimum atomic E-state index is -0.353. The molecule has 0 fully saturated rings. The molecule has 0 spiro atoms. The standard InChI is InChI=1S/C19H23N3O3/c1-13(2)8-9-21-18(23)14-10-15(12-20-11-14)19(24)22-16-6-4-5-7-17(16)25-3/h4-7,10-13H,8-9H2,1-3H3,(H,21,23)(H,22,24). The number of rotatable bonds is 7. The molecule has 0 unspecified atom stereocenters.